The zero-order valence-electron chi connectivity index (χ0n) is 12.4. The number of rotatable bonds is 3. The summed E-state index contributed by atoms with van der Waals surface area (Å²) in [5, 5.41) is 9.80. The van der Waals surface area contributed by atoms with Gasteiger partial charge in [-0.3, -0.25) is 4.90 Å². The predicted octanol–water partition coefficient (Wildman–Crippen LogP) is 2.74. The fraction of sp³-hybridized carbons (Fsp3) is 0.625. The molecule has 1 unspecified atom stereocenters. The van der Waals surface area contributed by atoms with Crippen LogP contribution in [0.2, 0.25) is 0 Å². The van der Waals surface area contributed by atoms with E-state index in [1.165, 1.54) is 11.1 Å². The SMILES string of the molecule is COc1ccc(CN2CCC(O)CC2(C)C)cc1C. The standard InChI is InChI=1S/C16H25NO2/c1-12-9-13(5-6-15(12)19-4)11-17-8-7-14(18)10-16(17,2)3/h5-6,9,14,18H,7-8,10-11H2,1-4H3. The van der Waals surface area contributed by atoms with Gasteiger partial charge < -0.3 is 9.84 Å². The van der Waals surface area contributed by atoms with Gasteiger partial charge in [-0.1, -0.05) is 12.1 Å². The van der Waals surface area contributed by atoms with Gasteiger partial charge in [-0.15, -0.1) is 0 Å². The number of benzene rings is 1. The third kappa shape index (κ3) is 3.28. The smallest absolute Gasteiger partial charge is 0.121 e. The topological polar surface area (TPSA) is 32.7 Å². The lowest BCUT2D eigenvalue weighted by Crippen LogP contribution is -2.50. The molecule has 0 aliphatic carbocycles. The summed E-state index contributed by atoms with van der Waals surface area (Å²) in [5.74, 6) is 0.942. The highest BCUT2D eigenvalue weighted by molar-refractivity contribution is 5.36. The third-order valence-electron chi connectivity index (χ3n) is 4.16. The van der Waals surface area contributed by atoms with Crippen molar-refractivity contribution in [1.82, 2.24) is 4.90 Å². The molecule has 1 atom stereocenters. The molecule has 1 heterocycles. The van der Waals surface area contributed by atoms with E-state index in [1.807, 2.05) is 6.07 Å². The molecule has 19 heavy (non-hydrogen) atoms. The lowest BCUT2D eigenvalue weighted by atomic mass is 9.88. The number of ether oxygens (including phenoxy) is 1. The molecule has 1 aliphatic heterocycles. The molecule has 3 nitrogen and oxygen atoms in total. The van der Waals surface area contributed by atoms with Crippen molar-refractivity contribution in [3.05, 3.63) is 29.3 Å². The van der Waals surface area contributed by atoms with Crippen LogP contribution in [-0.4, -0.2) is 35.3 Å². The van der Waals surface area contributed by atoms with Gasteiger partial charge in [-0.2, -0.15) is 0 Å². The van der Waals surface area contributed by atoms with Crippen LogP contribution in [0.15, 0.2) is 18.2 Å². The molecule has 1 aromatic rings. The van der Waals surface area contributed by atoms with E-state index in [-0.39, 0.29) is 11.6 Å². The molecule has 1 saturated heterocycles. The van der Waals surface area contributed by atoms with Crippen molar-refractivity contribution in [2.45, 2.75) is 51.8 Å². The molecule has 0 amide bonds. The lowest BCUT2D eigenvalue weighted by molar-refractivity contribution is -0.00718. The molecule has 0 spiro atoms. The van der Waals surface area contributed by atoms with E-state index < -0.39 is 0 Å². The summed E-state index contributed by atoms with van der Waals surface area (Å²) in [7, 11) is 1.71. The van der Waals surface area contributed by atoms with Crippen LogP contribution in [0.25, 0.3) is 0 Å². The highest BCUT2D eigenvalue weighted by Gasteiger charge is 2.33. The van der Waals surface area contributed by atoms with Crippen LogP contribution in [0.3, 0.4) is 0 Å². The Morgan fingerprint density at radius 2 is 2.16 bits per heavy atom. The number of hydrogen-bond donors (Lipinski definition) is 1. The first-order valence-electron chi connectivity index (χ1n) is 6.99. The van der Waals surface area contributed by atoms with E-state index >= 15 is 0 Å². The minimum atomic E-state index is -0.149. The highest BCUT2D eigenvalue weighted by Crippen LogP contribution is 2.30. The molecule has 0 radical (unpaired) electrons. The van der Waals surface area contributed by atoms with Crippen LogP contribution < -0.4 is 4.74 Å². The summed E-state index contributed by atoms with van der Waals surface area (Å²) in [5.41, 5.74) is 2.54. The first-order chi connectivity index (χ1) is 8.92. The molecule has 2 rings (SSSR count). The van der Waals surface area contributed by atoms with E-state index in [4.69, 9.17) is 4.74 Å². The van der Waals surface area contributed by atoms with E-state index in [1.54, 1.807) is 7.11 Å². The minimum Gasteiger partial charge on any atom is -0.496 e. The van der Waals surface area contributed by atoms with Gasteiger partial charge in [0.05, 0.1) is 13.2 Å². The maximum absolute atomic E-state index is 9.80. The number of aliphatic hydroxyl groups is 1. The van der Waals surface area contributed by atoms with E-state index in [0.717, 1.165) is 31.7 Å². The van der Waals surface area contributed by atoms with Gasteiger partial charge in [0.2, 0.25) is 0 Å². The average Bonchev–Trinajstić information content (AvgIpc) is 2.32. The second kappa shape index (κ2) is 5.51. The number of hydrogen-bond acceptors (Lipinski definition) is 3. The lowest BCUT2D eigenvalue weighted by Gasteiger charge is -2.44. The van der Waals surface area contributed by atoms with Crippen LogP contribution in [0.1, 0.15) is 37.8 Å². The maximum atomic E-state index is 9.80. The Morgan fingerprint density at radius 3 is 2.74 bits per heavy atom. The van der Waals surface area contributed by atoms with Crippen molar-refractivity contribution >= 4 is 0 Å². The molecule has 1 aromatic carbocycles. The molecule has 3 heteroatoms. The summed E-state index contributed by atoms with van der Waals surface area (Å²) < 4.78 is 5.30. The number of aryl methyl sites for hydroxylation is 1. The van der Waals surface area contributed by atoms with Crippen LogP contribution in [0.5, 0.6) is 5.75 Å². The zero-order valence-corrected chi connectivity index (χ0v) is 12.4. The second-order valence-electron chi connectivity index (χ2n) is 6.18. The Bertz CT molecular complexity index is 442. The Balaban J connectivity index is 2.10. The average molecular weight is 263 g/mol. The Hall–Kier alpha value is -1.06. The molecule has 0 aromatic heterocycles. The van der Waals surface area contributed by atoms with Crippen molar-refractivity contribution in [2.24, 2.45) is 0 Å². The first-order valence-corrected chi connectivity index (χ1v) is 6.99. The van der Waals surface area contributed by atoms with Gasteiger partial charge in [0.15, 0.2) is 0 Å². The Kier molecular flexibility index (Phi) is 4.16. The molecular formula is C16H25NO2. The second-order valence-corrected chi connectivity index (χ2v) is 6.18. The van der Waals surface area contributed by atoms with Crippen molar-refractivity contribution < 1.29 is 9.84 Å². The Morgan fingerprint density at radius 1 is 1.42 bits per heavy atom. The quantitative estimate of drug-likeness (QED) is 0.910. The number of nitrogens with zero attached hydrogens (tertiary/aromatic N) is 1. The van der Waals surface area contributed by atoms with Crippen molar-refractivity contribution in [3.63, 3.8) is 0 Å². The van der Waals surface area contributed by atoms with Crippen molar-refractivity contribution in [2.75, 3.05) is 13.7 Å². The number of likely N-dealkylation sites (tertiary alicyclic amines) is 1. The third-order valence-corrected chi connectivity index (χ3v) is 4.16. The highest BCUT2D eigenvalue weighted by atomic mass is 16.5. The first kappa shape index (κ1) is 14.4. The van der Waals surface area contributed by atoms with Crippen LogP contribution in [-0.2, 0) is 6.54 Å². The Labute approximate surface area is 116 Å². The largest absolute Gasteiger partial charge is 0.496 e. The predicted molar refractivity (Wildman–Crippen MR) is 77.5 cm³/mol. The van der Waals surface area contributed by atoms with E-state index in [0.29, 0.717) is 0 Å². The maximum Gasteiger partial charge on any atom is 0.121 e. The summed E-state index contributed by atoms with van der Waals surface area (Å²) in [6.07, 6.45) is 1.57. The number of piperidine rings is 1. The van der Waals surface area contributed by atoms with Crippen LogP contribution in [0.4, 0.5) is 0 Å². The van der Waals surface area contributed by atoms with Gasteiger partial charge in [0, 0.05) is 18.6 Å². The fourth-order valence-electron chi connectivity index (χ4n) is 2.97. The van der Waals surface area contributed by atoms with Gasteiger partial charge >= 0.3 is 0 Å². The summed E-state index contributed by atoms with van der Waals surface area (Å²) >= 11 is 0. The normalized spacial score (nSPS) is 23.3. The number of aliphatic hydroxyl groups excluding tert-OH is 1. The van der Waals surface area contributed by atoms with Crippen molar-refractivity contribution in [1.29, 1.82) is 0 Å². The summed E-state index contributed by atoms with van der Waals surface area (Å²) in [6, 6.07) is 6.36. The van der Waals surface area contributed by atoms with Gasteiger partial charge in [-0.05, 0) is 50.8 Å². The number of methoxy groups -OCH3 is 1. The van der Waals surface area contributed by atoms with Gasteiger partial charge in [0.25, 0.3) is 0 Å². The molecule has 1 aliphatic rings. The van der Waals surface area contributed by atoms with Crippen LogP contribution >= 0.6 is 0 Å². The molecule has 0 bridgehead atoms. The van der Waals surface area contributed by atoms with E-state index in [2.05, 4.69) is 37.8 Å². The monoisotopic (exact) mass is 263 g/mol. The van der Waals surface area contributed by atoms with Crippen LogP contribution in [0, 0.1) is 6.92 Å². The summed E-state index contributed by atoms with van der Waals surface area (Å²) in [4.78, 5) is 2.46. The minimum absolute atomic E-state index is 0.0610. The molecule has 1 N–H and O–H groups in total. The molecule has 0 saturated carbocycles. The fourth-order valence-corrected chi connectivity index (χ4v) is 2.97. The van der Waals surface area contributed by atoms with E-state index in [9.17, 15) is 5.11 Å². The van der Waals surface area contributed by atoms with Gasteiger partial charge in [0.1, 0.15) is 5.75 Å². The van der Waals surface area contributed by atoms with Crippen molar-refractivity contribution in [3.8, 4) is 5.75 Å². The molecular weight excluding hydrogens is 238 g/mol. The summed E-state index contributed by atoms with van der Waals surface area (Å²) in [6.45, 7) is 8.40. The molecule has 1 fully saturated rings. The molecule has 106 valence electrons. The van der Waals surface area contributed by atoms with Gasteiger partial charge in [-0.25, -0.2) is 0 Å². The zero-order chi connectivity index (χ0) is 14.0.